The largest absolute Gasteiger partial charge is 0.393 e. The van der Waals surface area contributed by atoms with Crippen LogP contribution < -0.4 is 5.73 Å². The lowest BCUT2D eigenvalue weighted by Gasteiger charge is -2.16. The number of aromatic amines is 1. The molecule has 21 heavy (non-hydrogen) atoms. The summed E-state index contributed by atoms with van der Waals surface area (Å²) >= 11 is 0. The molecule has 0 unspecified atom stereocenters. The maximum atomic E-state index is 12.4. The van der Waals surface area contributed by atoms with Crippen molar-refractivity contribution in [3.05, 3.63) is 40.5 Å². The summed E-state index contributed by atoms with van der Waals surface area (Å²) in [6.45, 7) is -0.103. The number of aromatic nitrogens is 3. The molecule has 10 nitrogen and oxygen atoms in total. The van der Waals surface area contributed by atoms with Crippen molar-refractivity contribution in [2.24, 2.45) is 0 Å². The molecular weight excluding hydrogens is 300 g/mol. The molecule has 11 heteroatoms. The zero-order valence-electron chi connectivity index (χ0n) is 10.9. The summed E-state index contributed by atoms with van der Waals surface area (Å²) in [5, 5.41) is 17.2. The SMILES string of the molecule is CN(Cc1ncn[nH]1)S(=O)(=O)c1cccc(N)c1[N+](=O)[O-]. The van der Waals surface area contributed by atoms with Gasteiger partial charge >= 0.3 is 5.69 Å². The highest BCUT2D eigenvalue weighted by Gasteiger charge is 2.31. The Morgan fingerprint density at radius 3 is 2.76 bits per heavy atom. The van der Waals surface area contributed by atoms with Gasteiger partial charge in [-0.05, 0) is 12.1 Å². The number of hydrogen-bond acceptors (Lipinski definition) is 7. The molecule has 3 N–H and O–H groups in total. The van der Waals surface area contributed by atoms with Gasteiger partial charge in [0.2, 0.25) is 10.0 Å². The molecule has 0 radical (unpaired) electrons. The van der Waals surface area contributed by atoms with Crippen LogP contribution in [0.15, 0.2) is 29.4 Å². The number of nitrogens with two attached hydrogens (primary N) is 1. The Kier molecular flexibility index (Phi) is 3.86. The number of hydrogen-bond donors (Lipinski definition) is 2. The quantitative estimate of drug-likeness (QED) is 0.452. The first-order valence-electron chi connectivity index (χ1n) is 5.67. The third-order valence-corrected chi connectivity index (χ3v) is 4.57. The monoisotopic (exact) mass is 312 g/mol. The number of nitrogens with one attached hydrogen (secondary N) is 1. The van der Waals surface area contributed by atoms with Gasteiger partial charge in [0, 0.05) is 7.05 Å². The van der Waals surface area contributed by atoms with Gasteiger partial charge in [0.25, 0.3) is 0 Å². The molecule has 0 atom stereocenters. The Bertz CT molecular complexity index is 758. The number of nitrogens with zero attached hydrogens (tertiary/aromatic N) is 4. The van der Waals surface area contributed by atoms with E-state index in [1.54, 1.807) is 0 Å². The molecule has 0 aliphatic carbocycles. The number of para-hydroxylation sites is 1. The number of benzene rings is 1. The van der Waals surface area contributed by atoms with Crippen molar-refractivity contribution in [2.45, 2.75) is 11.4 Å². The second-order valence-electron chi connectivity index (χ2n) is 4.14. The summed E-state index contributed by atoms with van der Waals surface area (Å²) in [5.41, 5.74) is 4.65. The fraction of sp³-hybridized carbons (Fsp3) is 0.200. The van der Waals surface area contributed by atoms with Gasteiger partial charge in [-0.15, -0.1) is 0 Å². The van der Waals surface area contributed by atoms with Gasteiger partial charge in [0.05, 0.1) is 11.5 Å². The minimum absolute atomic E-state index is 0.103. The fourth-order valence-corrected chi connectivity index (χ4v) is 3.03. The molecule has 0 saturated carbocycles. The number of rotatable bonds is 5. The van der Waals surface area contributed by atoms with Crippen molar-refractivity contribution >= 4 is 21.4 Å². The summed E-state index contributed by atoms with van der Waals surface area (Å²) in [6, 6.07) is 3.76. The maximum absolute atomic E-state index is 12.4. The van der Waals surface area contributed by atoms with Gasteiger partial charge in [0.15, 0.2) is 4.90 Å². The van der Waals surface area contributed by atoms with Gasteiger partial charge in [-0.25, -0.2) is 13.4 Å². The highest BCUT2D eigenvalue weighted by Crippen LogP contribution is 2.31. The van der Waals surface area contributed by atoms with Gasteiger partial charge < -0.3 is 5.73 Å². The summed E-state index contributed by atoms with van der Waals surface area (Å²) in [4.78, 5) is 13.6. The predicted octanol–water partition coefficient (Wildman–Crippen LogP) is 0.116. The van der Waals surface area contributed by atoms with E-state index in [9.17, 15) is 18.5 Å². The van der Waals surface area contributed by atoms with Gasteiger partial charge in [-0.1, -0.05) is 6.07 Å². The van der Waals surface area contributed by atoms with Crippen molar-refractivity contribution in [1.82, 2.24) is 19.5 Å². The molecule has 1 aromatic carbocycles. The predicted molar refractivity (Wildman–Crippen MR) is 72.5 cm³/mol. The molecule has 2 rings (SSSR count). The van der Waals surface area contributed by atoms with E-state index in [2.05, 4.69) is 15.2 Å². The summed E-state index contributed by atoms with van der Waals surface area (Å²) in [6.07, 6.45) is 1.23. The second kappa shape index (κ2) is 5.46. The summed E-state index contributed by atoms with van der Waals surface area (Å²) < 4.78 is 25.8. The third kappa shape index (κ3) is 2.83. The van der Waals surface area contributed by atoms with Crippen molar-refractivity contribution in [1.29, 1.82) is 0 Å². The normalized spacial score (nSPS) is 11.7. The van der Waals surface area contributed by atoms with Crippen LogP contribution in [0.2, 0.25) is 0 Å². The first-order chi connectivity index (χ1) is 9.84. The molecule has 0 bridgehead atoms. The van der Waals surface area contributed by atoms with E-state index in [4.69, 9.17) is 5.73 Å². The molecule has 0 fully saturated rings. The van der Waals surface area contributed by atoms with Crippen LogP contribution in [-0.4, -0.2) is 39.9 Å². The fourth-order valence-electron chi connectivity index (χ4n) is 1.71. The standard InChI is InChI=1S/C10H12N6O4S/c1-15(5-9-12-6-13-14-9)21(19,20)8-4-2-3-7(11)10(8)16(17)18/h2-4,6H,5,11H2,1H3,(H,12,13,14). The Balaban J connectivity index is 2.44. The highest BCUT2D eigenvalue weighted by molar-refractivity contribution is 7.89. The lowest BCUT2D eigenvalue weighted by atomic mass is 10.3. The smallest absolute Gasteiger partial charge is 0.312 e. The van der Waals surface area contributed by atoms with Gasteiger partial charge in [-0.3, -0.25) is 15.2 Å². The van der Waals surface area contributed by atoms with E-state index < -0.39 is 25.5 Å². The third-order valence-electron chi connectivity index (χ3n) is 2.74. The highest BCUT2D eigenvalue weighted by atomic mass is 32.2. The number of nitro benzene ring substituents is 1. The molecule has 1 heterocycles. The van der Waals surface area contributed by atoms with Crippen LogP contribution in [0.1, 0.15) is 5.82 Å². The first kappa shape index (κ1) is 14.9. The summed E-state index contributed by atoms with van der Waals surface area (Å²) in [7, 11) is -2.81. The minimum Gasteiger partial charge on any atom is -0.393 e. The van der Waals surface area contributed by atoms with Crippen LogP contribution in [0.5, 0.6) is 0 Å². The van der Waals surface area contributed by atoms with E-state index in [-0.39, 0.29) is 12.2 Å². The van der Waals surface area contributed by atoms with Gasteiger partial charge in [0.1, 0.15) is 17.8 Å². The zero-order valence-corrected chi connectivity index (χ0v) is 11.7. The van der Waals surface area contributed by atoms with Gasteiger partial charge in [-0.2, -0.15) is 9.40 Å². The van der Waals surface area contributed by atoms with Crippen LogP contribution in [0.3, 0.4) is 0 Å². The lowest BCUT2D eigenvalue weighted by Crippen LogP contribution is -2.27. The van der Waals surface area contributed by atoms with E-state index in [1.165, 1.54) is 25.5 Å². The van der Waals surface area contributed by atoms with Crippen molar-refractivity contribution in [3.8, 4) is 0 Å². The number of nitro groups is 1. The zero-order chi connectivity index (χ0) is 15.6. The molecule has 112 valence electrons. The molecule has 1 aromatic heterocycles. The van der Waals surface area contributed by atoms with Crippen LogP contribution >= 0.6 is 0 Å². The van der Waals surface area contributed by atoms with Crippen molar-refractivity contribution < 1.29 is 13.3 Å². The second-order valence-corrected chi connectivity index (χ2v) is 6.16. The number of nitrogen functional groups attached to an aromatic ring is 1. The van der Waals surface area contributed by atoms with Crippen molar-refractivity contribution in [2.75, 3.05) is 12.8 Å². The Morgan fingerprint density at radius 1 is 1.48 bits per heavy atom. The topological polar surface area (TPSA) is 148 Å². The van der Waals surface area contributed by atoms with E-state index in [0.717, 1.165) is 10.4 Å². The summed E-state index contributed by atoms with van der Waals surface area (Å²) in [5.74, 6) is 0.313. The average Bonchev–Trinajstić information content (AvgIpc) is 2.90. The van der Waals surface area contributed by atoms with Crippen LogP contribution in [0.25, 0.3) is 0 Å². The van der Waals surface area contributed by atoms with E-state index >= 15 is 0 Å². The Morgan fingerprint density at radius 2 is 2.19 bits per heavy atom. The van der Waals surface area contributed by atoms with E-state index in [0.29, 0.717) is 5.82 Å². The average molecular weight is 312 g/mol. The Hall–Kier alpha value is -2.53. The Labute approximate surface area is 119 Å². The number of sulfonamides is 1. The number of H-pyrrole nitrogens is 1. The minimum atomic E-state index is -4.09. The van der Waals surface area contributed by atoms with Crippen LogP contribution in [-0.2, 0) is 16.6 Å². The lowest BCUT2D eigenvalue weighted by molar-refractivity contribution is -0.386. The van der Waals surface area contributed by atoms with Crippen molar-refractivity contribution in [3.63, 3.8) is 0 Å². The molecule has 0 saturated heterocycles. The molecular formula is C10H12N6O4S. The molecule has 0 aliphatic heterocycles. The van der Waals surface area contributed by atoms with Crippen LogP contribution in [0.4, 0.5) is 11.4 Å². The molecule has 0 spiro atoms. The molecule has 2 aromatic rings. The van der Waals surface area contributed by atoms with E-state index in [1.807, 2.05) is 0 Å². The first-order valence-corrected chi connectivity index (χ1v) is 7.11. The number of anilines is 1. The maximum Gasteiger partial charge on any atom is 0.312 e. The van der Waals surface area contributed by atoms with Crippen LogP contribution in [0, 0.1) is 10.1 Å². The molecule has 0 amide bonds. The molecule has 0 aliphatic rings.